The average molecular weight is 263 g/mol. The van der Waals surface area contributed by atoms with Gasteiger partial charge < -0.3 is 14.7 Å². The molecule has 0 bridgehead atoms. The molecule has 19 heavy (non-hydrogen) atoms. The molecule has 1 aromatic carbocycles. The Morgan fingerprint density at radius 3 is 2.68 bits per heavy atom. The van der Waals surface area contributed by atoms with E-state index in [9.17, 15) is 4.79 Å². The summed E-state index contributed by atoms with van der Waals surface area (Å²) in [6, 6.07) is 7.86. The summed E-state index contributed by atoms with van der Waals surface area (Å²) in [6.07, 6.45) is 1.46. The van der Waals surface area contributed by atoms with Gasteiger partial charge in [0.15, 0.2) is 0 Å². The van der Waals surface area contributed by atoms with Crippen molar-refractivity contribution < 1.29 is 14.6 Å². The molecule has 1 unspecified atom stereocenters. The van der Waals surface area contributed by atoms with E-state index in [0.717, 1.165) is 24.3 Å². The quantitative estimate of drug-likeness (QED) is 0.851. The van der Waals surface area contributed by atoms with Gasteiger partial charge in [0.25, 0.3) is 0 Å². The van der Waals surface area contributed by atoms with Crippen LogP contribution in [0.2, 0.25) is 0 Å². The molecule has 1 N–H and O–H groups in total. The Morgan fingerprint density at radius 2 is 2.11 bits per heavy atom. The minimum atomic E-state index is 0.0893. The molecule has 1 aliphatic rings. The summed E-state index contributed by atoms with van der Waals surface area (Å²) in [5, 5.41) is 9.09. The van der Waals surface area contributed by atoms with Crippen LogP contribution in [0.25, 0.3) is 0 Å². The first-order chi connectivity index (χ1) is 9.22. The molecule has 0 spiro atoms. The highest BCUT2D eigenvalue weighted by atomic mass is 16.5. The average Bonchev–Trinajstić information content (AvgIpc) is 2.79. The van der Waals surface area contributed by atoms with Crippen LogP contribution in [-0.4, -0.2) is 35.7 Å². The van der Waals surface area contributed by atoms with E-state index in [1.165, 1.54) is 0 Å². The second-order valence-electron chi connectivity index (χ2n) is 5.02. The molecule has 1 fully saturated rings. The number of carbonyl (C=O) groups excluding carboxylic acids is 1. The van der Waals surface area contributed by atoms with E-state index in [1.807, 2.05) is 29.2 Å². The normalized spacial score (nSPS) is 18.9. The molecule has 1 heterocycles. The number of nitrogens with zero attached hydrogens (tertiary/aromatic N) is 1. The standard InChI is InChI=1S/C15H21NO3/c1-2-7-19-14-5-3-12(4-6-14)9-16-10-13(11-17)8-15(16)18/h3-6,13,17H,2,7-11H2,1H3. The van der Waals surface area contributed by atoms with Gasteiger partial charge in [-0.25, -0.2) is 0 Å². The molecule has 2 rings (SSSR count). The summed E-state index contributed by atoms with van der Waals surface area (Å²) in [4.78, 5) is 13.6. The van der Waals surface area contributed by atoms with E-state index in [0.29, 0.717) is 19.5 Å². The number of amides is 1. The molecule has 104 valence electrons. The predicted octanol–water partition coefficient (Wildman–Crippen LogP) is 1.82. The number of hydrogen-bond donors (Lipinski definition) is 1. The Bertz CT molecular complexity index is 416. The van der Waals surface area contributed by atoms with Crippen molar-refractivity contribution in [3.63, 3.8) is 0 Å². The fourth-order valence-corrected chi connectivity index (χ4v) is 2.26. The number of likely N-dealkylation sites (tertiary alicyclic amines) is 1. The molecular formula is C15H21NO3. The molecule has 1 amide bonds. The maximum atomic E-state index is 11.7. The van der Waals surface area contributed by atoms with Crippen LogP contribution in [0.3, 0.4) is 0 Å². The summed E-state index contributed by atoms with van der Waals surface area (Å²) in [7, 11) is 0. The van der Waals surface area contributed by atoms with Gasteiger partial charge in [0.1, 0.15) is 5.75 Å². The zero-order valence-corrected chi connectivity index (χ0v) is 11.3. The molecule has 0 radical (unpaired) electrons. The van der Waals surface area contributed by atoms with Gasteiger partial charge in [0.2, 0.25) is 5.91 Å². The van der Waals surface area contributed by atoms with Crippen LogP contribution in [0.5, 0.6) is 5.75 Å². The molecule has 1 atom stereocenters. The Balaban J connectivity index is 1.91. The third kappa shape index (κ3) is 3.70. The Labute approximate surface area is 114 Å². The third-order valence-corrected chi connectivity index (χ3v) is 3.32. The number of aliphatic hydroxyl groups is 1. The van der Waals surface area contributed by atoms with E-state index < -0.39 is 0 Å². The smallest absolute Gasteiger partial charge is 0.223 e. The van der Waals surface area contributed by atoms with E-state index in [4.69, 9.17) is 9.84 Å². The Kier molecular flexibility index (Phi) is 4.80. The van der Waals surface area contributed by atoms with E-state index in [-0.39, 0.29) is 18.4 Å². The third-order valence-electron chi connectivity index (χ3n) is 3.32. The van der Waals surface area contributed by atoms with E-state index >= 15 is 0 Å². The number of ether oxygens (including phenoxy) is 1. The summed E-state index contributed by atoms with van der Waals surface area (Å²) in [6.45, 7) is 4.16. The van der Waals surface area contributed by atoms with Gasteiger partial charge in [-0.1, -0.05) is 19.1 Å². The van der Waals surface area contributed by atoms with Crippen molar-refractivity contribution in [2.45, 2.75) is 26.3 Å². The first-order valence-corrected chi connectivity index (χ1v) is 6.83. The minimum absolute atomic E-state index is 0.0893. The van der Waals surface area contributed by atoms with Crippen LogP contribution in [0.15, 0.2) is 24.3 Å². The van der Waals surface area contributed by atoms with Crippen molar-refractivity contribution in [1.29, 1.82) is 0 Å². The van der Waals surface area contributed by atoms with Gasteiger partial charge >= 0.3 is 0 Å². The zero-order chi connectivity index (χ0) is 13.7. The van der Waals surface area contributed by atoms with Crippen LogP contribution in [-0.2, 0) is 11.3 Å². The van der Waals surface area contributed by atoms with Gasteiger partial charge in [0.05, 0.1) is 6.61 Å². The number of carbonyl (C=O) groups is 1. The summed E-state index contributed by atoms with van der Waals surface area (Å²) in [5.41, 5.74) is 1.09. The molecule has 1 aliphatic heterocycles. The van der Waals surface area contributed by atoms with Gasteiger partial charge in [-0.15, -0.1) is 0 Å². The highest BCUT2D eigenvalue weighted by molar-refractivity contribution is 5.78. The fraction of sp³-hybridized carbons (Fsp3) is 0.533. The van der Waals surface area contributed by atoms with Gasteiger partial charge in [0, 0.05) is 32.0 Å². The monoisotopic (exact) mass is 263 g/mol. The summed E-state index contributed by atoms with van der Waals surface area (Å²) < 4.78 is 5.52. The second-order valence-corrected chi connectivity index (χ2v) is 5.02. The Morgan fingerprint density at radius 1 is 1.37 bits per heavy atom. The van der Waals surface area contributed by atoms with Crippen molar-refractivity contribution in [3.05, 3.63) is 29.8 Å². The molecule has 4 heteroatoms. The largest absolute Gasteiger partial charge is 0.494 e. The zero-order valence-electron chi connectivity index (χ0n) is 11.3. The summed E-state index contributed by atoms with van der Waals surface area (Å²) >= 11 is 0. The maximum absolute atomic E-state index is 11.7. The van der Waals surface area contributed by atoms with Crippen molar-refractivity contribution in [2.75, 3.05) is 19.8 Å². The van der Waals surface area contributed by atoms with Crippen LogP contribution in [0.1, 0.15) is 25.3 Å². The number of benzene rings is 1. The van der Waals surface area contributed by atoms with Crippen molar-refractivity contribution in [1.82, 2.24) is 4.90 Å². The number of aliphatic hydroxyl groups excluding tert-OH is 1. The highest BCUT2D eigenvalue weighted by Crippen LogP contribution is 2.20. The number of hydrogen-bond acceptors (Lipinski definition) is 3. The van der Waals surface area contributed by atoms with Gasteiger partial charge in [-0.2, -0.15) is 0 Å². The summed E-state index contributed by atoms with van der Waals surface area (Å²) in [5.74, 6) is 1.09. The molecule has 0 aromatic heterocycles. The molecule has 1 saturated heterocycles. The van der Waals surface area contributed by atoms with Crippen LogP contribution in [0, 0.1) is 5.92 Å². The lowest BCUT2D eigenvalue weighted by atomic mass is 10.1. The second kappa shape index (κ2) is 6.57. The molecular weight excluding hydrogens is 242 g/mol. The van der Waals surface area contributed by atoms with Gasteiger partial charge in [-0.3, -0.25) is 4.79 Å². The molecule has 4 nitrogen and oxygen atoms in total. The number of rotatable bonds is 6. The molecule has 1 aromatic rings. The van der Waals surface area contributed by atoms with E-state index in [1.54, 1.807) is 0 Å². The lowest BCUT2D eigenvalue weighted by molar-refractivity contribution is -0.128. The van der Waals surface area contributed by atoms with Crippen LogP contribution in [0.4, 0.5) is 0 Å². The minimum Gasteiger partial charge on any atom is -0.494 e. The lowest BCUT2D eigenvalue weighted by Gasteiger charge is -2.16. The molecule has 0 saturated carbocycles. The molecule has 0 aliphatic carbocycles. The maximum Gasteiger partial charge on any atom is 0.223 e. The van der Waals surface area contributed by atoms with E-state index in [2.05, 4.69) is 6.92 Å². The van der Waals surface area contributed by atoms with Crippen molar-refractivity contribution >= 4 is 5.91 Å². The van der Waals surface area contributed by atoms with Crippen LogP contribution < -0.4 is 4.74 Å². The topological polar surface area (TPSA) is 49.8 Å². The van der Waals surface area contributed by atoms with Crippen molar-refractivity contribution in [3.8, 4) is 5.75 Å². The van der Waals surface area contributed by atoms with Crippen LogP contribution >= 0.6 is 0 Å². The SMILES string of the molecule is CCCOc1ccc(CN2CC(CO)CC2=O)cc1. The van der Waals surface area contributed by atoms with Crippen molar-refractivity contribution in [2.24, 2.45) is 5.92 Å². The Hall–Kier alpha value is -1.55. The first kappa shape index (κ1) is 13.9. The highest BCUT2D eigenvalue weighted by Gasteiger charge is 2.28. The lowest BCUT2D eigenvalue weighted by Crippen LogP contribution is -2.24. The predicted molar refractivity (Wildman–Crippen MR) is 72.8 cm³/mol. The first-order valence-electron chi connectivity index (χ1n) is 6.83. The fourth-order valence-electron chi connectivity index (χ4n) is 2.26. The van der Waals surface area contributed by atoms with Gasteiger partial charge in [-0.05, 0) is 24.1 Å².